The maximum Gasteiger partial charge on any atom is 0.311 e. The van der Waals surface area contributed by atoms with Crippen molar-refractivity contribution in [1.29, 1.82) is 0 Å². The van der Waals surface area contributed by atoms with Gasteiger partial charge in [-0.05, 0) is 36.8 Å². The molecule has 2 N–H and O–H groups in total. The molecule has 0 aliphatic heterocycles. The number of aryl methyl sites for hydroxylation is 1. The fraction of sp³-hybridized carbons (Fsp3) is 0.0714. The van der Waals surface area contributed by atoms with Crippen LogP contribution in [0.5, 0.6) is 11.5 Å². The molecule has 20 heavy (non-hydrogen) atoms. The standard InChI is InChI=1S/C14H12N2O4/c1-9-5-6-13(12(7-9)16(18)19)20-11-4-2-3-10(8-11)14(15)17/h2-8H,1H3,(H2,15,17). The Labute approximate surface area is 114 Å². The van der Waals surface area contributed by atoms with Gasteiger partial charge in [0.05, 0.1) is 4.92 Å². The largest absolute Gasteiger partial charge is 0.450 e. The number of hydrogen-bond donors (Lipinski definition) is 1. The Bertz CT molecular complexity index is 683. The van der Waals surface area contributed by atoms with E-state index in [4.69, 9.17) is 10.5 Å². The fourth-order valence-electron chi connectivity index (χ4n) is 1.70. The second kappa shape index (κ2) is 5.40. The van der Waals surface area contributed by atoms with E-state index < -0.39 is 10.8 Å². The van der Waals surface area contributed by atoms with Gasteiger partial charge in [-0.2, -0.15) is 0 Å². The lowest BCUT2D eigenvalue weighted by Crippen LogP contribution is -2.10. The van der Waals surface area contributed by atoms with E-state index >= 15 is 0 Å². The number of benzene rings is 2. The number of carbonyl (C=O) groups excluding carboxylic acids is 1. The zero-order chi connectivity index (χ0) is 14.7. The molecule has 0 saturated heterocycles. The first-order chi connectivity index (χ1) is 9.47. The molecule has 2 aromatic rings. The van der Waals surface area contributed by atoms with Crippen molar-refractivity contribution in [1.82, 2.24) is 0 Å². The Hall–Kier alpha value is -2.89. The molecule has 6 nitrogen and oxygen atoms in total. The first-order valence-corrected chi connectivity index (χ1v) is 5.80. The molecule has 102 valence electrons. The van der Waals surface area contributed by atoms with E-state index in [1.54, 1.807) is 31.2 Å². The van der Waals surface area contributed by atoms with Gasteiger partial charge in [-0.3, -0.25) is 14.9 Å². The monoisotopic (exact) mass is 272 g/mol. The van der Waals surface area contributed by atoms with Crippen LogP contribution in [0.1, 0.15) is 15.9 Å². The summed E-state index contributed by atoms with van der Waals surface area (Å²) in [7, 11) is 0. The highest BCUT2D eigenvalue weighted by Crippen LogP contribution is 2.32. The molecule has 0 bridgehead atoms. The second-order valence-electron chi connectivity index (χ2n) is 4.22. The Balaban J connectivity index is 2.37. The van der Waals surface area contributed by atoms with Gasteiger partial charge < -0.3 is 10.5 Å². The Kier molecular flexibility index (Phi) is 3.65. The van der Waals surface area contributed by atoms with Crippen LogP contribution in [-0.4, -0.2) is 10.8 Å². The lowest BCUT2D eigenvalue weighted by Gasteiger charge is -2.07. The van der Waals surface area contributed by atoms with E-state index in [-0.39, 0.29) is 17.0 Å². The first-order valence-electron chi connectivity index (χ1n) is 5.80. The predicted molar refractivity (Wildman–Crippen MR) is 72.9 cm³/mol. The second-order valence-corrected chi connectivity index (χ2v) is 4.22. The van der Waals surface area contributed by atoms with Gasteiger partial charge in [0.25, 0.3) is 0 Å². The summed E-state index contributed by atoms with van der Waals surface area (Å²) >= 11 is 0. The summed E-state index contributed by atoms with van der Waals surface area (Å²) in [6.07, 6.45) is 0. The number of hydrogen-bond acceptors (Lipinski definition) is 4. The SMILES string of the molecule is Cc1ccc(Oc2cccc(C(N)=O)c2)c([N+](=O)[O-])c1. The number of nitrogens with two attached hydrogens (primary N) is 1. The number of carbonyl (C=O) groups is 1. The molecule has 2 rings (SSSR count). The van der Waals surface area contributed by atoms with Gasteiger partial charge in [-0.25, -0.2) is 0 Å². The molecule has 0 aliphatic carbocycles. The molecule has 0 spiro atoms. The predicted octanol–water partition coefficient (Wildman–Crippen LogP) is 2.79. The summed E-state index contributed by atoms with van der Waals surface area (Å²) in [5.74, 6) is -0.163. The number of rotatable bonds is 4. The zero-order valence-corrected chi connectivity index (χ0v) is 10.7. The van der Waals surface area contributed by atoms with E-state index in [1.165, 1.54) is 18.2 Å². The Morgan fingerprint density at radius 2 is 2.00 bits per heavy atom. The van der Waals surface area contributed by atoms with Crippen molar-refractivity contribution in [3.63, 3.8) is 0 Å². The third kappa shape index (κ3) is 2.92. The molecular formula is C14H12N2O4. The van der Waals surface area contributed by atoms with Crippen LogP contribution >= 0.6 is 0 Å². The van der Waals surface area contributed by atoms with Gasteiger partial charge in [0.15, 0.2) is 0 Å². The highest BCUT2D eigenvalue weighted by Gasteiger charge is 2.16. The van der Waals surface area contributed by atoms with Gasteiger partial charge in [-0.1, -0.05) is 12.1 Å². The third-order valence-corrected chi connectivity index (χ3v) is 2.66. The summed E-state index contributed by atoms with van der Waals surface area (Å²) in [4.78, 5) is 21.6. The number of nitro groups is 1. The van der Waals surface area contributed by atoms with Gasteiger partial charge >= 0.3 is 5.69 Å². The molecule has 0 atom stereocenters. The van der Waals surface area contributed by atoms with Crippen molar-refractivity contribution in [2.24, 2.45) is 5.73 Å². The highest BCUT2D eigenvalue weighted by molar-refractivity contribution is 5.93. The van der Waals surface area contributed by atoms with Crippen LogP contribution in [0.3, 0.4) is 0 Å². The topological polar surface area (TPSA) is 95.5 Å². The first kappa shape index (κ1) is 13.5. The van der Waals surface area contributed by atoms with E-state index in [2.05, 4.69) is 0 Å². The van der Waals surface area contributed by atoms with Crippen LogP contribution in [0.25, 0.3) is 0 Å². The van der Waals surface area contributed by atoms with Crippen LogP contribution in [0.15, 0.2) is 42.5 Å². The molecule has 6 heteroatoms. The fourth-order valence-corrected chi connectivity index (χ4v) is 1.70. The molecule has 0 fully saturated rings. The average Bonchev–Trinajstić information content (AvgIpc) is 2.41. The number of amides is 1. The molecule has 0 aliphatic rings. The molecule has 0 aromatic heterocycles. The van der Waals surface area contributed by atoms with Gasteiger partial charge in [0.1, 0.15) is 5.75 Å². The lowest BCUT2D eigenvalue weighted by atomic mass is 10.2. The van der Waals surface area contributed by atoms with Crippen molar-refractivity contribution in [3.8, 4) is 11.5 Å². The quantitative estimate of drug-likeness (QED) is 0.683. The van der Waals surface area contributed by atoms with Crippen LogP contribution in [-0.2, 0) is 0 Å². The zero-order valence-electron chi connectivity index (χ0n) is 10.7. The smallest absolute Gasteiger partial charge is 0.311 e. The summed E-state index contributed by atoms with van der Waals surface area (Å²) in [5, 5.41) is 11.0. The van der Waals surface area contributed by atoms with Gasteiger partial charge in [0, 0.05) is 11.6 Å². The maximum absolute atomic E-state index is 11.1. The van der Waals surface area contributed by atoms with E-state index in [1.807, 2.05) is 0 Å². The summed E-state index contributed by atoms with van der Waals surface area (Å²) < 4.78 is 5.47. The normalized spacial score (nSPS) is 10.1. The summed E-state index contributed by atoms with van der Waals surface area (Å²) in [5.41, 5.74) is 6.08. The lowest BCUT2D eigenvalue weighted by molar-refractivity contribution is -0.385. The Morgan fingerprint density at radius 1 is 1.25 bits per heavy atom. The number of primary amides is 1. The van der Waals surface area contributed by atoms with Crippen LogP contribution < -0.4 is 10.5 Å². The molecule has 2 aromatic carbocycles. The Morgan fingerprint density at radius 3 is 2.65 bits per heavy atom. The molecule has 0 heterocycles. The van der Waals surface area contributed by atoms with E-state index in [0.717, 1.165) is 5.56 Å². The van der Waals surface area contributed by atoms with Crippen LogP contribution in [0.2, 0.25) is 0 Å². The minimum absolute atomic E-state index is 0.113. The van der Waals surface area contributed by atoms with Crippen molar-refractivity contribution < 1.29 is 14.5 Å². The van der Waals surface area contributed by atoms with Gasteiger partial charge in [-0.15, -0.1) is 0 Å². The minimum Gasteiger partial charge on any atom is -0.450 e. The average molecular weight is 272 g/mol. The molecule has 0 radical (unpaired) electrons. The minimum atomic E-state index is -0.589. The summed E-state index contributed by atoms with van der Waals surface area (Å²) in [6, 6.07) is 10.8. The van der Waals surface area contributed by atoms with Crippen molar-refractivity contribution in [2.45, 2.75) is 6.92 Å². The van der Waals surface area contributed by atoms with Crippen molar-refractivity contribution in [2.75, 3.05) is 0 Å². The molecule has 0 unspecified atom stereocenters. The van der Waals surface area contributed by atoms with E-state index in [9.17, 15) is 14.9 Å². The number of nitro benzene ring substituents is 1. The van der Waals surface area contributed by atoms with Crippen LogP contribution in [0, 0.1) is 17.0 Å². The summed E-state index contributed by atoms with van der Waals surface area (Å²) in [6.45, 7) is 1.75. The van der Waals surface area contributed by atoms with Crippen molar-refractivity contribution in [3.05, 3.63) is 63.7 Å². The third-order valence-electron chi connectivity index (χ3n) is 2.66. The molecular weight excluding hydrogens is 260 g/mol. The number of nitrogens with zero attached hydrogens (tertiary/aromatic N) is 1. The van der Waals surface area contributed by atoms with Gasteiger partial charge in [0.2, 0.25) is 11.7 Å². The van der Waals surface area contributed by atoms with E-state index in [0.29, 0.717) is 5.75 Å². The van der Waals surface area contributed by atoms with Crippen molar-refractivity contribution >= 4 is 11.6 Å². The van der Waals surface area contributed by atoms with Crippen LogP contribution in [0.4, 0.5) is 5.69 Å². The highest BCUT2D eigenvalue weighted by atomic mass is 16.6. The number of ether oxygens (including phenoxy) is 1. The molecule has 0 saturated carbocycles. The molecule has 1 amide bonds. The maximum atomic E-state index is 11.1.